The van der Waals surface area contributed by atoms with Gasteiger partial charge in [0.2, 0.25) is 0 Å². The summed E-state index contributed by atoms with van der Waals surface area (Å²) in [6.07, 6.45) is 1.73. The van der Waals surface area contributed by atoms with Crippen LogP contribution in [-0.4, -0.2) is 16.0 Å². The van der Waals surface area contributed by atoms with E-state index in [9.17, 15) is 9.18 Å². The number of benzene rings is 1. The lowest BCUT2D eigenvalue weighted by atomic mass is 10.0. The normalized spacial score (nSPS) is 10.2. The van der Waals surface area contributed by atoms with Gasteiger partial charge in [-0.15, -0.1) is 0 Å². The van der Waals surface area contributed by atoms with Crippen molar-refractivity contribution >= 4 is 5.78 Å². The van der Waals surface area contributed by atoms with Gasteiger partial charge in [0.05, 0.1) is 12.1 Å². The van der Waals surface area contributed by atoms with E-state index in [1.165, 1.54) is 12.1 Å². The van der Waals surface area contributed by atoms with Crippen molar-refractivity contribution in [2.45, 2.75) is 13.3 Å². The minimum absolute atomic E-state index is 0.0893. The highest BCUT2D eigenvalue weighted by atomic mass is 19.1. The Morgan fingerprint density at radius 1 is 1.35 bits per heavy atom. The number of aromatic nitrogens is 2. The first kappa shape index (κ1) is 11.4. The third-order valence-electron chi connectivity index (χ3n) is 2.45. The van der Waals surface area contributed by atoms with E-state index >= 15 is 0 Å². The van der Waals surface area contributed by atoms with Gasteiger partial charge in [-0.2, -0.15) is 10.2 Å². The lowest BCUT2D eigenvalue weighted by molar-refractivity contribution is 0.0991. The lowest BCUT2D eigenvalue weighted by Gasteiger charge is -2.02. The van der Waals surface area contributed by atoms with E-state index < -0.39 is 0 Å². The molecule has 0 aliphatic carbocycles. The number of ketones is 1. The van der Waals surface area contributed by atoms with Gasteiger partial charge in [0.1, 0.15) is 5.82 Å². The zero-order valence-corrected chi connectivity index (χ0v) is 9.35. The first-order valence-electron chi connectivity index (χ1n) is 5.23. The molecule has 0 fully saturated rings. The fourth-order valence-corrected chi connectivity index (χ4v) is 1.51. The molecule has 0 radical (unpaired) electrons. The van der Waals surface area contributed by atoms with E-state index in [4.69, 9.17) is 0 Å². The van der Waals surface area contributed by atoms with Gasteiger partial charge >= 0.3 is 0 Å². The Hall–Kier alpha value is -2.10. The summed E-state index contributed by atoms with van der Waals surface area (Å²) in [6, 6.07) is 7.81. The molecule has 2 aromatic rings. The maximum Gasteiger partial charge on any atom is 0.168 e. The van der Waals surface area contributed by atoms with Crippen LogP contribution in [0.1, 0.15) is 21.6 Å². The number of hydrogen-bond donors (Lipinski definition) is 0. The Bertz CT molecular complexity index is 540. The lowest BCUT2D eigenvalue weighted by Crippen LogP contribution is -2.06. The molecule has 0 unspecified atom stereocenters. The maximum atomic E-state index is 13.1. The van der Waals surface area contributed by atoms with Gasteiger partial charge in [0.25, 0.3) is 0 Å². The molecule has 0 saturated heterocycles. The van der Waals surface area contributed by atoms with Crippen LogP contribution in [0.15, 0.2) is 36.5 Å². The minimum atomic E-state index is -0.305. The predicted octanol–water partition coefficient (Wildman–Crippen LogP) is 2.35. The van der Waals surface area contributed by atoms with Crippen LogP contribution in [0.2, 0.25) is 0 Å². The summed E-state index contributed by atoms with van der Waals surface area (Å²) < 4.78 is 13.1. The minimum Gasteiger partial charge on any atom is -0.294 e. The highest BCUT2D eigenvalue weighted by Crippen LogP contribution is 2.11. The molecule has 0 atom stereocenters. The molecule has 0 spiro atoms. The third-order valence-corrected chi connectivity index (χ3v) is 2.45. The number of hydrogen-bond acceptors (Lipinski definition) is 3. The molecule has 1 aromatic heterocycles. The van der Waals surface area contributed by atoms with Crippen LogP contribution in [0.5, 0.6) is 0 Å². The van der Waals surface area contributed by atoms with Gasteiger partial charge in [-0.1, -0.05) is 0 Å². The monoisotopic (exact) mass is 230 g/mol. The largest absolute Gasteiger partial charge is 0.294 e. The van der Waals surface area contributed by atoms with Crippen molar-refractivity contribution in [1.82, 2.24) is 10.2 Å². The summed E-state index contributed by atoms with van der Waals surface area (Å²) in [4.78, 5) is 11.9. The van der Waals surface area contributed by atoms with E-state index in [0.29, 0.717) is 16.8 Å². The smallest absolute Gasteiger partial charge is 0.168 e. The van der Waals surface area contributed by atoms with E-state index in [1.807, 2.05) is 0 Å². The summed E-state index contributed by atoms with van der Waals surface area (Å²) in [5.74, 6) is -0.394. The molecule has 86 valence electrons. The Morgan fingerprint density at radius 2 is 2.18 bits per heavy atom. The molecule has 4 heteroatoms. The molecular formula is C13H11FN2O. The number of aryl methyl sites for hydroxylation is 1. The van der Waals surface area contributed by atoms with E-state index in [-0.39, 0.29) is 18.0 Å². The predicted molar refractivity (Wildman–Crippen MR) is 61.2 cm³/mol. The van der Waals surface area contributed by atoms with Gasteiger partial charge in [-0.25, -0.2) is 4.39 Å². The van der Waals surface area contributed by atoms with Gasteiger partial charge in [0.15, 0.2) is 5.78 Å². The molecule has 2 rings (SSSR count). The second-order valence-electron chi connectivity index (χ2n) is 3.78. The molecule has 0 saturated carbocycles. The van der Waals surface area contributed by atoms with Crippen molar-refractivity contribution in [2.24, 2.45) is 0 Å². The van der Waals surface area contributed by atoms with Gasteiger partial charge in [-0.3, -0.25) is 4.79 Å². The van der Waals surface area contributed by atoms with Gasteiger partial charge < -0.3 is 0 Å². The maximum absolute atomic E-state index is 13.1. The average molecular weight is 230 g/mol. The number of halogens is 1. The van der Waals surface area contributed by atoms with Crippen molar-refractivity contribution in [1.29, 1.82) is 0 Å². The molecular weight excluding hydrogens is 219 g/mol. The summed E-state index contributed by atoms with van der Waals surface area (Å²) in [5, 5.41) is 7.54. The van der Waals surface area contributed by atoms with Crippen LogP contribution >= 0.6 is 0 Å². The summed E-state index contributed by atoms with van der Waals surface area (Å²) in [5.41, 5.74) is 1.57. The summed E-state index contributed by atoms with van der Waals surface area (Å²) in [6.45, 7) is 1.63. The van der Waals surface area contributed by atoms with E-state index in [2.05, 4.69) is 10.2 Å². The van der Waals surface area contributed by atoms with Crippen LogP contribution in [0.4, 0.5) is 4.39 Å². The van der Waals surface area contributed by atoms with E-state index in [0.717, 1.165) is 0 Å². The fourth-order valence-electron chi connectivity index (χ4n) is 1.51. The number of nitrogens with zero attached hydrogens (tertiary/aromatic N) is 2. The highest BCUT2D eigenvalue weighted by Gasteiger charge is 2.09. The fraction of sp³-hybridized carbons (Fsp3) is 0.154. The third kappa shape index (κ3) is 2.72. The zero-order valence-electron chi connectivity index (χ0n) is 9.35. The van der Waals surface area contributed by atoms with Crippen molar-refractivity contribution in [2.75, 3.05) is 0 Å². The standard InChI is InChI=1S/C13H11FN2O/c1-9-7-10(4-5-12(9)14)13(17)8-11-3-2-6-15-16-11/h2-7H,8H2,1H3. The van der Waals surface area contributed by atoms with E-state index in [1.54, 1.807) is 31.3 Å². The van der Waals surface area contributed by atoms with Gasteiger partial charge in [-0.05, 0) is 42.8 Å². The molecule has 1 heterocycles. The molecule has 0 amide bonds. The zero-order chi connectivity index (χ0) is 12.3. The quantitative estimate of drug-likeness (QED) is 0.760. The summed E-state index contributed by atoms with van der Waals surface area (Å²) >= 11 is 0. The Balaban J connectivity index is 2.18. The van der Waals surface area contributed by atoms with Crippen LogP contribution in [0.3, 0.4) is 0 Å². The van der Waals surface area contributed by atoms with Crippen molar-refractivity contribution < 1.29 is 9.18 Å². The Labute approximate surface area is 98.3 Å². The highest BCUT2D eigenvalue weighted by molar-refractivity contribution is 5.97. The van der Waals surface area contributed by atoms with Crippen LogP contribution < -0.4 is 0 Å². The first-order chi connectivity index (χ1) is 8.16. The Morgan fingerprint density at radius 3 is 2.82 bits per heavy atom. The van der Waals surface area contributed by atoms with Crippen LogP contribution in [0, 0.1) is 12.7 Å². The van der Waals surface area contributed by atoms with Gasteiger partial charge in [0, 0.05) is 11.8 Å². The summed E-state index contributed by atoms with van der Waals surface area (Å²) in [7, 11) is 0. The Kier molecular flexibility index (Phi) is 3.23. The number of carbonyl (C=O) groups excluding carboxylic acids is 1. The molecule has 3 nitrogen and oxygen atoms in total. The van der Waals surface area contributed by atoms with Crippen LogP contribution in [0.25, 0.3) is 0 Å². The molecule has 0 N–H and O–H groups in total. The SMILES string of the molecule is Cc1cc(C(=O)Cc2cccnn2)ccc1F. The number of carbonyl (C=O) groups is 1. The van der Waals surface area contributed by atoms with Crippen molar-refractivity contribution in [3.05, 3.63) is 59.2 Å². The number of Topliss-reactive ketones (excluding diaryl/α,β-unsaturated/α-hetero) is 1. The second kappa shape index (κ2) is 4.82. The van der Waals surface area contributed by atoms with Crippen molar-refractivity contribution in [3.8, 4) is 0 Å². The molecule has 1 aromatic carbocycles. The molecule has 0 aliphatic rings. The molecule has 17 heavy (non-hydrogen) atoms. The second-order valence-corrected chi connectivity index (χ2v) is 3.78. The topological polar surface area (TPSA) is 42.9 Å². The molecule has 0 bridgehead atoms. The van der Waals surface area contributed by atoms with Crippen molar-refractivity contribution in [3.63, 3.8) is 0 Å². The van der Waals surface area contributed by atoms with Crippen LogP contribution in [-0.2, 0) is 6.42 Å². The molecule has 0 aliphatic heterocycles. The number of rotatable bonds is 3. The first-order valence-corrected chi connectivity index (χ1v) is 5.23. The average Bonchev–Trinajstić information content (AvgIpc) is 2.34.